The fraction of sp³-hybridized carbons (Fsp3) is 0.435. The maximum atomic E-state index is 12.7. The molecular formula is C23H26ClF3N2O. The van der Waals surface area contributed by atoms with Crippen LogP contribution in [0.25, 0.3) is 0 Å². The molecule has 0 atom stereocenters. The molecule has 0 aromatic heterocycles. The van der Waals surface area contributed by atoms with Crippen LogP contribution in [0.2, 0.25) is 5.02 Å². The summed E-state index contributed by atoms with van der Waals surface area (Å²) in [5, 5.41) is 6.21. The molecule has 0 saturated heterocycles. The number of nitrogens with one attached hydrogen (secondary N) is 2. The number of carbonyl (C=O) groups is 1. The van der Waals surface area contributed by atoms with Crippen molar-refractivity contribution >= 4 is 17.5 Å². The number of hydrogen-bond donors (Lipinski definition) is 2. The van der Waals surface area contributed by atoms with Crippen molar-refractivity contribution in [3.05, 3.63) is 70.7 Å². The van der Waals surface area contributed by atoms with Gasteiger partial charge in [-0.05, 0) is 61.9 Å². The summed E-state index contributed by atoms with van der Waals surface area (Å²) in [6.07, 6.45) is -0.959. The van der Waals surface area contributed by atoms with Crippen molar-refractivity contribution in [1.82, 2.24) is 10.6 Å². The molecule has 0 bridgehead atoms. The van der Waals surface area contributed by atoms with E-state index in [1.54, 1.807) is 18.2 Å². The molecule has 30 heavy (non-hydrogen) atoms. The molecule has 7 heteroatoms. The number of halogens is 4. The van der Waals surface area contributed by atoms with E-state index in [0.29, 0.717) is 23.9 Å². The molecule has 0 heterocycles. The van der Waals surface area contributed by atoms with E-state index in [9.17, 15) is 18.0 Å². The molecule has 1 amide bonds. The summed E-state index contributed by atoms with van der Waals surface area (Å²) < 4.78 is 38.1. The van der Waals surface area contributed by atoms with E-state index in [1.165, 1.54) is 5.56 Å². The molecule has 2 aromatic carbocycles. The van der Waals surface area contributed by atoms with Crippen molar-refractivity contribution < 1.29 is 18.0 Å². The molecule has 0 aliphatic heterocycles. The van der Waals surface area contributed by atoms with Crippen LogP contribution in [-0.2, 0) is 16.6 Å². The largest absolute Gasteiger partial charge is 0.471 e. The zero-order chi connectivity index (χ0) is 21.6. The van der Waals surface area contributed by atoms with E-state index in [2.05, 4.69) is 22.8 Å². The number of hydrogen-bond acceptors (Lipinski definition) is 2. The lowest BCUT2D eigenvalue weighted by molar-refractivity contribution is -0.173. The highest BCUT2D eigenvalue weighted by atomic mass is 35.5. The molecule has 1 fully saturated rings. The van der Waals surface area contributed by atoms with Crippen LogP contribution in [0, 0.1) is 0 Å². The van der Waals surface area contributed by atoms with Gasteiger partial charge >= 0.3 is 12.1 Å². The average molecular weight is 439 g/mol. The molecule has 162 valence electrons. The number of rotatable bonds is 7. The second-order valence-electron chi connectivity index (χ2n) is 7.94. The van der Waals surface area contributed by atoms with Gasteiger partial charge in [-0.25, -0.2) is 0 Å². The third-order valence-electron chi connectivity index (χ3n) is 5.91. The third-order valence-corrected chi connectivity index (χ3v) is 6.15. The standard InChI is InChI=1S/C23H26ClF3N2O/c24-19-8-4-7-18(15-19)22(16-29-21(30)23(25,26)27)12-9-20(10-13-22)28-14-11-17-5-2-1-3-6-17/h1-8,15,20,28H,9-14,16H2,(H,29,30)/t20-,22+. The monoisotopic (exact) mass is 438 g/mol. The summed E-state index contributed by atoms with van der Waals surface area (Å²) in [5.41, 5.74) is 1.59. The summed E-state index contributed by atoms with van der Waals surface area (Å²) in [6, 6.07) is 17.7. The van der Waals surface area contributed by atoms with Crippen molar-refractivity contribution in [1.29, 1.82) is 0 Å². The maximum Gasteiger partial charge on any atom is 0.471 e. The van der Waals surface area contributed by atoms with Gasteiger partial charge in [-0.3, -0.25) is 4.79 Å². The Morgan fingerprint density at radius 1 is 1.07 bits per heavy atom. The van der Waals surface area contributed by atoms with E-state index in [-0.39, 0.29) is 6.54 Å². The smallest absolute Gasteiger partial charge is 0.347 e. The van der Waals surface area contributed by atoms with Gasteiger partial charge in [0.1, 0.15) is 0 Å². The van der Waals surface area contributed by atoms with Crippen LogP contribution < -0.4 is 10.6 Å². The molecule has 0 radical (unpaired) electrons. The lowest BCUT2D eigenvalue weighted by Crippen LogP contribution is -2.49. The minimum absolute atomic E-state index is 0.0532. The topological polar surface area (TPSA) is 41.1 Å². The van der Waals surface area contributed by atoms with Gasteiger partial charge < -0.3 is 10.6 Å². The van der Waals surface area contributed by atoms with E-state index in [4.69, 9.17) is 11.6 Å². The molecule has 3 nitrogen and oxygen atoms in total. The minimum atomic E-state index is -4.88. The number of amides is 1. The minimum Gasteiger partial charge on any atom is -0.347 e. The zero-order valence-corrected chi connectivity index (χ0v) is 17.4. The summed E-state index contributed by atoms with van der Waals surface area (Å²) in [4.78, 5) is 11.4. The normalized spacial score (nSPS) is 21.9. The van der Waals surface area contributed by atoms with E-state index in [1.807, 2.05) is 24.3 Å². The number of alkyl halides is 3. The van der Waals surface area contributed by atoms with Gasteiger partial charge in [0.2, 0.25) is 0 Å². The van der Waals surface area contributed by atoms with Gasteiger partial charge in [0.25, 0.3) is 0 Å². The Hall–Kier alpha value is -2.05. The Balaban J connectivity index is 1.62. The highest BCUT2D eigenvalue weighted by molar-refractivity contribution is 6.30. The molecule has 2 N–H and O–H groups in total. The molecular weight excluding hydrogens is 413 g/mol. The Labute approximate surface area is 180 Å². The van der Waals surface area contributed by atoms with Gasteiger partial charge in [-0.2, -0.15) is 13.2 Å². The first-order valence-electron chi connectivity index (χ1n) is 10.2. The van der Waals surface area contributed by atoms with E-state index >= 15 is 0 Å². The van der Waals surface area contributed by atoms with E-state index < -0.39 is 17.5 Å². The Bertz CT molecular complexity index is 834. The first-order valence-corrected chi connectivity index (χ1v) is 10.5. The van der Waals surface area contributed by atoms with Crippen molar-refractivity contribution in [2.24, 2.45) is 0 Å². The fourth-order valence-corrected chi connectivity index (χ4v) is 4.37. The van der Waals surface area contributed by atoms with Gasteiger partial charge in [-0.1, -0.05) is 54.1 Å². The molecule has 0 spiro atoms. The first-order chi connectivity index (χ1) is 14.3. The first kappa shape index (κ1) is 22.6. The van der Waals surface area contributed by atoms with Crippen LogP contribution >= 0.6 is 11.6 Å². The number of carbonyl (C=O) groups excluding carboxylic acids is 1. The average Bonchev–Trinajstić information content (AvgIpc) is 2.73. The quantitative estimate of drug-likeness (QED) is 0.636. The predicted octanol–water partition coefficient (Wildman–Crippen LogP) is 5.03. The summed E-state index contributed by atoms with van der Waals surface area (Å²) in [6.45, 7) is 0.798. The van der Waals surface area contributed by atoms with Gasteiger partial charge in [0, 0.05) is 23.0 Å². The lowest BCUT2D eigenvalue weighted by Gasteiger charge is -2.41. The second kappa shape index (κ2) is 9.84. The Kier molecular flexibility index (Phi) is 7.42. The van der Waals surface area contributed by atoms with Crippen LogP contribution in [0.5, 0.6) is 0 Å². The predicted molar refractivity (Wildman–Crippen MR) is 113 cm³/mol. The third kappa shape index (κ3) is 5.99. The van der Waals surface area contributed by atoms with Gasteiger partial charge in [-0.15, -0.1) is 0 Å². The summed E-state index contributed by atoms with van der Waals surface area (Å²) in [7, 11) is 0. The SMILES string of the molecule is O=C(NC[C@]1(c2cccc(Cl)c2)CC[C@@H](NCCc2ccccc2)CC1)C(F)(F)F. The highest BCUT2D eigenvalue weighted by Crippen LogP contribution is 2.40. The summed E-state index contributed by atoms with van der Waals surface area (Å²) >= 11 is 6.14. The fourth-order valence-electron chi connectivity index (χ4n) is 4.18. The second-order valence-corrected chi connectivity index (χ2v) is 8.37. The zero-order valence-electron chi connectivity index (χ0n) is 16.6. The van der Waals surface area contributed by atoms with Crippen molar-refractivity contribution in [3.63, 3.8) is 0 Å². The van der Waals surface area contributed by atoms with E-state index in [0.717, 1.165) is 31.4 Å². The van der Waals surface area contributed by atoms with Crippen LogP contribution in [0.4, 0.5) is 13.2 Å². The molecule has 2 aromatic rings. The highest BCUT2D eigenvalue weighted by Gasteiger charge is 2.42. The molecule has 0 unspecified atom stereocenters. The van der Waals surface area contributed by atoms with Crippen LogP contribution in [0.1, 0.15) is 36.8 Å². The van der Waals surface area contributed by atoms with Crippen molar-refractivity contribution in [2.45, 2.75) is 49.7 Å². The Morgan fingerprint density at radius 2 is 1.77 bits per heavy atom. The van der Waals surface area contributed by atoms with Gasteiger partial charge in [0.15, 0.2) is 0 Å². The summed E-state index contributed by atoms with van der Waals surface area (Å²) in [5.74, 6) is -1.90. The molecule has 1 aliphatic carbocycles. The maximum absolute atomic E-state index is 12.7. The molecule has 1 aliphatic rings. The van der Waals surface area contributed by atoms with Gasteiger partial charge in [0.05, 0.1) is 0 Å². The lowest BCUT2D eigenvalue weighted by atomic mass is 9.68. The van der Waals surface area contributed by atoms with Crippen molar-refractivity contribution in [3.8, 4) is 0 Å². The Morgan fingerprint density at radius 3 is 2.40 bits per heavy atom. The van der Waals surface area contributed by atoms with Crippen LogP contribution in [0.3, 0.4) is 0 Å². The van der Waals surface area contributed by atoms with Crippen LogP contribution in [-0.4, -0.2) is 31.2 Å². The van der Waals surface area contributed by atoms with Crippen LogP contribution in [0.15, 0.2) is 54.6 Å². The van der Waals surface area contributed by atoms with Crippen molar-refractivity contribution in [2.75, 3.05) is 13.1 Å². The molecule has 1 saturated carbocycles. The number of benzene rings is 2. The molecule has 3 rings (SSSR count).